The minimum absolute atomic E-state index is 0.0752. The van der Waals surface area contributed by atoms with E-state index < -0.39 is 8.32 Å². The Bertz CT molecular complexity index is 648. The van der Waals surface area contributed by atoms with Crippen LogP contribution < -0.4 is 0 Å². The Morgan fingerprint density at radius 3 is 1.61 bits per heavy atom. The molecule has 0 N–H and O–H groups in total. The van der Waals surface area contributed by atoms with Crippen LogP contribution in [0, 0.1) is 5.41 Å². The van der Waals surface area contributed by atoms with Gasteiger partial charge in [-0.05, 0) is 49.0 Å². The highest BCUT2D eigenvalue weighted by Gasteiger charge is 2.40. The summed E-state index contributed by atoms with van der Waals surface area (Å²) in [5.41, 5.74) is 2.61. The molecule has 2 rings (SSSR count). The summed E-state index contributed by atoms with van der Waals surface area (Å²) in [7, 11) is -1.84. The molecule has 0 saturated carbocycles. The molecule has 0 aliphatic heterocycles. The molecule has 0 atom stereocenters. The zero-order chi connectivity index (χ0) is 20.7. The van der Waals surface area contributed by atoms with Crippen LogP contribution in [-0.2, 0) is 22.0 Å². The fourth-order valence-electron chi connectivity index (χ4n) is 3.23. The van der Waals surface area contributed by atoms with E-state index in [1.165, 1.54) is 11.1 Å². The van der Waals surface area contributed by atoms with Gasteiger partial charge in [0.05, 0.1) is 6.61 Å². The van der Waals surface area contributed by atoms with E-state index >= 15 is 0 Å². The van der Waals surface area contributed by atoms with Gasteiger partial charge in [-0.2, -0.15) is 0 Å². The number of rotatable bonds is 10. The van der Waals surface area contributed by atoms with E-state index in [1.54, 1.807) is 0 Å². The molecule has 2 aromatic rings. The van der Waals surface area contributed by atoms with Gasteiger partial charge < -0.3 is 9.16 Å². The van der Waals surface area contributed by atoms with Gasteiger partial charge >= 0.3 is 0 Å². The molecule has 0 amide bonds. The maximum atomic E-state index is 6.76. The van der Waals surface area contributed by atoms with Gasteiger partial charge in [0, 0.05) is 18.6 Å². The summed E-state index contributed by atoms with van der Waals surface area (Å²) >= 11 is 0. The Hall–Kier alpha value is -1.42. The van der Waals surface area contributed by atoms with Crippen molar-refractivity contribution in [3.8, 4) is 0 Å². The van der Waals surface area contributed by atoms with Crippen molar-refractivity contribution in [2.24, 2.45) is 5.41 Å². The third-order valence-corrected chi connectivity index (χ3v) is 10.5. The summed E-state index contributed by atoms with van der Waals surface area (Å²) in [4.78, 5) is 0. The van der Waals surface area contributed by atoms with E-state index in [9.17, 15) is 0 Å². The normalized spacial score (nSPS) is 12.9. The predicted octanol–water partition coefficient (Wildman–Crippen LogP) is 6.52. The van der Waals surface area contributed by atoms with E-state index in [1.807, 2.05) is 0 Å². The van der Waals surface area contributed by atoms with Crippen molar-refractivity contribution in [2.45, 2.75) is 58.7 Å². The van der Waals surface area contributed by atoms with Crippen LogP contribution in [0.3, 0.4) is 0 Å². The van der Waals surface area contributed by atoms with E-state index in [4.69, 9.17) is 9.16 Å². The lowest BCUT2D eigenvalue weighted by Crippen LogP contribution is -2.46. The summed E-state index contributed by atoms with van der Waals surface area (Å²) in [6.07, 6.45) is 1.91. The van der Waals surface area contributed by atoms with Crippen LogP contribution in [-0.4, -0.2) is 28.1 Å². The number of ether oxygens (including phenoxy) is 1. The van der Waals surface area contributed by atoms with Gasteiger partial charge in [0.2, 0.25) is 0 Å². The van der Waals surface area contributed by atoms with Gasteiger partial charge in [0.15, 0.2) is 8.32 Å². The molecular formula is C25H38O2Si. The average Bonchev–Trinajstić information content (AvgIpc) is 2.65. The van der Waals surface area contributed by atoms with Gasteiger partial charge in [-0.1, -0.05) is 81.4 Å². The molecule has 2 nitrogen and oxygen atoms in total. The van der Waals surface area contributed by atoms with Crippen molar-refractivity contribution < 1.29 is 9.16 Å². The molecule has 154 valence electrons. The number of hydrogen-bond acceptors (Lipinski definition) is 2. The van der Waals surface area contributed by atoms with E-state index in [0.29, 0.717) is 6.61 Å². The Kier molecular flexibility index (Phi) is 8.05. The summed E-state index contributed by atoms with van der Waals surface area (Å²) in [6.45, 7) is 15.8. The topological polar surface area (TPSA) is 18.5 Å². The molecule has 0 heterocycles. The first-order chi connectivity index (χ1) is 13.2. The summed E-state index contributed by atoms with van der Waals surface area (Å²) in [5, 5.41) is 0.198. The van der Waals surface area contributed by atoms with Crippen LogP contribution >= 0.6 is 0 Å². The average molecular weight is 399 g/mol. The Morgan fingerprint density at radius 2 is 1.21 bits per heavy atom. The Morgan fingerprint density at radius 1 is 0.750 bits per heavy atom. The minimum atomic E-state index is -1.84. The fourth-order valence-corrected chi connectivity index (χ4v) is 4.33. The molecular weight excluding hydrogens is 360 g/mol. The van der Waals surface area contributed by atoms with Gasteiger partial charge in [-0.15, -0.1) is 0 Å². The third-order valence-electron chi connectivity index (χ3n) is 6.00. The molecule has 0 spiro atoms. The summed E-state index contributed by atoms with van der Waals surface area (Å²) in [6, 6.07) is 21.5. The highest BCUT2D eigenvalue weighted by Crippen LogP contribution is 2.39. The van der Waals surface area contributed by atoms with E-state index in [-0.39, 0.29) is 10.5 Å². The lowest BCUT2D eigenvalue weighted by molar-refractivity contribution is 0.0145. The Labute approximate surface area is 173 Å². The summed E-state index contributed by atoms with van der Waals surface area (Å²) < 4.78 is 12.8. The predicted molar refractivity (Wildman–Crippen MR) is 122 cm³/mol. The van der Waals surface area contributed by atoms with Crippen LogP contribution in [0.25, 0.3) is 0 Å². The molecule has 0 saturated heterocycles. The number of hydrogen-bond donors (Lipinski definition) is 0. The van der Waals surface area contributed by atoms with Gasteiger partial charge in [-0.25, -0.2) is 0 Å². The molecule has 28 heavy (non-hydrogen) atoms. The van der Waals surface area contributed by atoms with Crippen LogP contribution in [0.4, 0.5) is 0 Å². The molecule has 3 heteroatoms. The quantitative estimate of drug-likeness (QED) is 0.424. The van der Waals surface area contributed by atoms with Crippen LogP contribution in [0.1, 0.15) is 38.8 Å². The molecule has 0 aliphatic rings. The first kappa shape index (κ1) is 22.9. The van der Waals surface area contributed by atoms with Crippen molar-refractivity contribution in [1.29, 1.82) is 0 Å². The largest absolute Gasteiger partial charge is 0.416 e. The molecule has 0 radical (unpaired) electrons. The smallest absolute Gasteiger partial charge is 0.192 e. The molecule has 0 aliphatic carbocycles. The van der Waals surface area contributed by atoms with Gasteiger partial charge in [0.1, 0.15) is 0 Å². The second-order valence-electron chi connectivity index (χ2n) is 9.51. The van der Waals surface area contributed by atoms with Crippen molar-refractivity contribution >= 4 is 8.32 Å². The zero-order valence-corrected chi connectivity index (χ0v) is 19.6. The maximum absolute atomic E-state index is 6.76. The van der Waals surface area contributed by atoms with Gasteiger partial charge in [-0.3, -0.25) is 0 Å². The highest BCUT2D eigenvalue weighted by atomic mass is 28.4. The first-order valence-electron chi connectivity index (χ1n) is 10.5. The van der Waals surface area contributed by atoms with Crippen molar-refractivity contribution in [3.63, 3.8) is 0 Å². The van der Waals surface area contributed by atoms with Gasteiger partial charge in [0.25, 0.3) is 0 Å². The molecule has 0 unspecified atom stereocenters. The van der Waals surface area contributed by atoms with E-state index in [0.717, 1.165) is 26.1 Å². The molecule has 0 bridgehead atoms. The van der Waals surface area contributed by atoms with Crippen LogP contribution in [0.15, 0.2) is 60.7 Å². The Balaban J connectivity index is 2.34. The SMILES string of the molecule is CCOCC(CO[Si](C)(C)C(C)(C)C)(Cc1ccccc1)Cc1ccccc1. The maximum Gasteiger partial charge on any atom is 0.192 e. The fraction of sp³-hybridized carbons (Fsp3) is 0.520. The van der Waals surface area contributed by atoms with Crippen LogP contribution in [0.5, 0.6) is 0 Å². The third kappa shape index (κ3) is 6.58. The standard InChI is InChI=1S/C25H38O2Si/c1-7-26-20-25(18-22-14-10-8-11-15-22,19-23-16-12-9-13-17-23)21-27-28(5,6)24(2,3)4/h8-17H,7,18-21H2,1-6H3. The molecule has 0 fully saturated rings. The molecule has 0 aromatic heterocycles. The lowest BCUT2D eigenvalue weighted by Gasteiger charge is -2.41. The van der Waals surface area contributed by atoms with E-state index in [2.05, 4.69) is 101 Å². The molecule has 2 aromatic carbocycles. The van der Waals surface area contributed by atoms with Crippen LogP contribution in [0.2, 0.25) is 18.1 Å². The monoisotopic (exact) mass is 398 g/mol. The first-order valence-corrected chi connectivity index (χ1v) is 13.4. The second-order valence-corrected chi connectivity index (χ2v) is 14.3. The summed E-state index contributed by atoms with van der Waals surface area (Å²) in [5.74, 6) is 0. The second kappa shape index (κ2) is 9.86. The van der Waals surface area contributed by atoms with Crippen molar-refractivity contribution in [2.75, 3.05) is 19.8 Å². The number of benzene rings is 2. The lowest BCUT2D eigenvalue weighted by atomic mass is 9.78. The minimum Gasteiger partial charge on any atom is -0.416 e. The van der Waals surface area contributed by atoms with Crippen molar-refractivity contribution in [1.82, 2.24) is 0 Å². The zero-order valence-electron chi connectivity index (χ0n) is 18.6. The highest BCUT2D eigenvalue weighted by molar-refractivity contribution is 6.74. The van der Waals surface area contributed by atoms with Crippen molar-refractivity contribution in [3.05, 3.63) is 71.8 Å².